The van der Waals surface area contributed by atoms with Crippen LogP contribution in [0.15, 0.2) is 18.2 Å². The van der Waals surface area contributed by atoms with Gasteiger partial charge >= 0.3 is 0 Å². The number of ether oxygens (including phenoxy) is 2. The Morgan fingerprint density at radius 1 is 1.41 bits per heavy atom. The Hall–Kier alpha value is -1.57. The van der Waals surface area contributed by atoms with E-state index in [0.717, 1.165) is 25.3 Å². The Kier molecular flexibility index (Phi) is 6.08. The standard InChI is InChI=1S/C13H18N2O2/c1-3-17-7-6-15-10-11-4-5-13(16-2)12(8-11)9-14/h4-5,8,15H,3,6-7,10H2,1-2H3. The lowest BCUT2D eigenvalue weighted by atomic mass is 10.1. The summed E-state index contributed by atoms with van der Waals surface area (Å²) in [5.74, 6) is 0.616. The smallest absolute Gasteiger partial charge is 0.136 e. The van der Waals surface area contributed by atoms with Crippen LogP contribution < -0.4 is 10.1 Å². The van der Waals surface area contributed by atoms with Crippen molar-refractivity contribution in [2.24, 2.45) is 0 Å². The molecule has 1 aromatic carbocycles. The summed E-state index contributed by atoms with van der Waals surface area (Å²) >= 11 is 0. The Balaban J connectivity index is 2.47. The zero-order valence-corrected chi connectivity index (χ0v) is 10.3. The average molecular weight is 234 g/mol. The SMILES string of the molecule is CCOCCNCc1ccc(OC)c(C#N)c1. The molecule has 0 radical (unpaired) electrons. The largest absolute Gasteiger partial charge is 0.495 e. The molecule has 1 N–H and O–H groups in total. The summed E-state index contributed by atoms with van der Waals surface area (Å²) in [6.07, 6.45) is 0. The van der Waals surface area contributed by atoms with Crippen molar-refractivity contribution >= 4 is 0 Å². The fraction of sp³-hybridized carbons (Fsp3) is 0.462. The number of hydrogen-bond donors (Lipinski definition) is 1. The van der Waals surface area contributed by atoms with Gasteiger partial charge in [0.1, 0.15) is 11.8 Å². The van der Waals surface area contributed by atoms with E-state index in [4.69, 9.17) is 14.7 Å². The van der Waals surface area contributed by atoms with Gasteiger partial charge in [-0.2, -0.15) is 5.26 Å². The summed E-state index contributed by atoms with van der Waals surface area (Å²) in [4.78, 5) is 0. The molecule has 0 saturated carbocycles. The van der Waals surface area contributed by atoms with Gasteiger partial charge in [-0.3, -0.25) is 0 Å². The van der Waals surface area contributed by atoms with Crippen LogP contribution in [0.2, 0.25) is 0 Å². The van der Waals surface area contributed by atoms with Gasteiger partial charge in [-0.1, -0.05) is 6.07 Å². The molecule has 0 atom stereocenters. The van der Waals surface area contributed by atoms with Crippen molar-refractivity contribution in [1.29, 1.82) is 5.26 Å². The molecule has 4 heteroatoms. The first-order valence-electron chi connectivity index (χ1n) is 5.67. The predicted molar refractivity (Wildman–Crippen MR) is 65.9 cm³/mol. The number of nitrogens with one attached hydrogen (secondary N) is 1. The van der Waals surface area contributed by atoms with Crippen molar-refractivity contribution in [2.75, 3.05) is 26.9 Å². The minimum Gasteiger partial charge on any atom is -0.495 e. The van der Waals surface area contributed by atoms with Crippen molar-refractivity contribution in [3.63, 3.8) is 0 Å². The molecule has 4 nitrogen and oxygen atoms in total. The highest BCUT2D eigenvalue weighted by Crippen LogP contribution is 2.18. The number of nitriles is 1. The van der Waals surface area contributed by atoms with Crippen LogP contribution >= 0.6 is 0 Å². The Morgan fingerprint density at radius 2 is 2.24 bits per heavy atom. The predicted octanol–water partition coefficient (Wildman–Crippen LogP) is 1.69. The minimum absolute atomic E-state index is 0.566. The monoisotopic (exact) mass is 234 g/mol. The van der Waals surface area contributed by atoms with E-state index in [1.165, 1.54) is 0 Å². The lowest BCUT2D eigenvalue weighted by molar-refractivity contribution is 0.149. The van der Waals surface area contributed by atoms with E-state index in [-0.39, 0.29) is 0 Å². The molecule has 0 aliphatic rings. The lowest BCUT2D eigenvalue weighted by Crippen LogP contribution is -2.19. The van der Waals surface area contributed by atoms with Gasteiger partial charge in [-0.05, 0) is 24.6 Å². The molecule has 0 spiro atoms. The van der Waals surface area contributed by atoms with Gasteiger partial charge in [-0.25, -0.2) is 0 Å². The van der Waals surface area contributed by atoms with Crippen LogP contribution in [0, 0.1) is 11.3 Å². The first kappa shape index (κ1) is 13.5. The molecule has 0 aromatic heterocycles. The number of hydrogen-bond acceptors (Lipinski definition) is 4. The molecule has 17 heavy (non-hydrogen) atoms. The second-order valence-corrected chi connectivity index (χ2v) is 3.52. The molecule has 0 unspecified atom stereocenters. The number of methoxy groups -OCH3 is 1. The summed E-state index contributed by atoms with van der Waals surface area (Å²) < 4.78 is 10.3. The highest BCUT2D eigenvalue weighted by Gasteiger charge is 2.02. The zero-order chi connectivity index (χ0) is 12.5. The topological polar surface area (TPSA) is 54.3 Å². The van der Waals surface area contributed by atoms with Crippen molar-refractivity contribution < 1.29 is 9.47 Å². The Bertz CT molecular complexity index is 385. The third kappa shape index (κ3) is 4.43. The molecule has 1 aromatic rings. The molecule has 0 bridgehead atoms. The first-order chi connectivity index (χ1) is 8.31. The van der Waals surface area contributed by atoms with E-state index in [1.54, 1.807) is 7.11 Å². The second-order valence-electron chi connectivity index (χ2n) is 3.52. The second kappa shape index (κ2) is 7.66. The van der Waals surface area contributed by atoms with E-state index >= 15 is 0 Å². The van der Waals surface area contributed by atoms with E-state index in [1.807, 2.05) is 25.1 Å². The Morgan fingerprint density at radius 3 is 2.88 bits per heavy atom. The van der Waals surface area contributed by atoms with Crippen LogP contribution in [0.1, 0.15) is 18.1 Å². The fourth-order valence-corrected chi connectivity index (χ4v) is 1.47. The molecule has 92 valence electrons. The number of benzene rings is 1. The maximum absolute atomic E-state index is 8.95. The lowest BCUT2D eigenvalue weighted by Gasteiger charge is -2.07. The van der Waals surface area contributed by atoms with Crippen molar-refractivity contribution in [3.05, 3.63) is 29.3 Å². The van der Waals surface area contributed by atoms with Gasteiger partial charge in [0.25, 0.3) is 0 Å². The van der Waals surface area contributed by atoms with Gasteiger partial charge in [0.05, 0.1) is 19.3 Å². The van der Waals surface area contributed by atoms with Crippen LogP contribution in [0.25, 0.3) is 0 Å². The van der Waals surface area contributed by atoms with Crippen molar-refractivity contribution in [2.45, 2.75) is 13.5 Å². The van der Waals surface area contributed by atoms with Crippen LogP contribution in [-0.4, -0.2) is 26.9 Å². The minimum atomic E-state index is 0.566. The quantitative estimate of drug-likeness (QED) is 0.729. The van der Waals surface area contributed by atoms with Gasteiger partial charge in [-0.15, -0.1) is 0 Å². The highest BCUT2D eigenvalue weighted by molar-refractivity contribution is 5.45. The maximum Gasteiger partial charge on any atom is 0.136 e. The average Bonchev–Trinajstić information content (AvgIpc) is 2.38. The summed E-state index contributed by atoms with van der Waals surface area (Å²) in [5.41, 5.74) is 1.63. The maximum atomic E-state index is 8.95. The molecule has 0 heterocycles. The molecule has 0 amide bonds. The van der Waals surface area contributed by atoms with E-state index in [0.29, 0.717) is 17.9 Å². The molecular weight excluding hydrogens is 216 g/mol. The molecule has 0 aliphatic heterocycles. The number of nitrogens with zero attached hydrogens (tertiary/aromatic N) is 1. The van der Waals surface area contributed by atoms with Crippen molar-refractivity contribution in [1.82, 2.24) is 5.32 Å². The van der Waals surface area contributed by atoms with Gasteiger partial charge in [0.2, 0.25) is 0 Å². The summed E-state index contributed by atoms with van der Waals surface area (Å²) in [6, 6.07) is 7.73. The van der Waals surface area contributed by atoms with Crippen LogP contribution in [0.5, 0.6) is 5.75 Å². The van der Waals surface area contributed by atoms with Gasteiger partial charge in [0.15, 0.2) is 0 Å². The third-order valence-electron chi connectivity index (χ3n) is 2.34. The van der Waals surface area contributed by atoms with E-state index in [2.05, 4.69) is 11.4 Å². The summed E-state index contributed by atoms with van der Waals surface area (Å²) in [7, 11) is 1.57. The molecule has 1 rings (SSSR count). The fourth-order valence-electron chi connectivity index (χ4n) is 1.47. The Labute approximate surface area is 102 Å². The van der Waals surface area contributed by atoms with Gasteiger partial charge in [0, 0.05) is 19.7 Å². The normalized spacial score (nSPS) is 9.94. The van der Waals surface area contributed by atoms with E-state index < -0.39 is 0 Å². The number of rotatable bonds is 7. The molecule has 0 saturated heterocycles. The van der Waals surface area contributed by atoms with Gasteiger partial charge < -0.3 is 14.8 Å². The molecule has 0 aliphatic carbocycles. The van der Waals surface area contributed by atoms with E-state index in [9.17, 15) is 0 Å². The first-order valence-corrected chi connectivity index (χ1v) is 5.67. The van der Waals surface area contributed by atoms with Crippen molar-refractivity contribution in [3.8, 4) is 11.8 Å². The summed E-state index contributed by atoms with van der Waals surface area (Å²) in [6.45, 7) is 4.96. The molecular formula is C13H18N2O2. The summed E-state index contributed by atoms with van der Waals surface area (Å²) in [5, 5.41) is 12.2. The third-order valence-corrected chi connectivity index (χ3v) is 2.34. The highest BCUT2D eigenvalue weighted by atomic mass is 16.5. The van der Waals surface area contributed by atoms with Crippen LogP contribution in [-0.2, 0) is 11.3 Å². The molecule has 0 fully saturated rings. The van der Waals surface area contributed by atoms with Crippen LogP contribution in [0.4, 0.5) is 0 Å². The zero-order valence-electron chi connectivity index (χ0n) is 10.3. The van der Waals surface area contributed by atoms with Crippen LogP contribution in [0.3, 0.4) is 0 Å².